The van der Waals surface area contributed by atoms with Crippen molar-refractivity contribution in [1.82, 2.24) is 4.72 Å². The van der Waals surface area contributed by atoms with Gasteiger partial charge < -0.3 is 5.73 Å². The van der Waals surface area contributed by atoms with E-state index in [9.17, 15) is 12.8 Å². The molecule has 0 aliphatic heterocycles. The fourth-order valence-corrected chi connectivity index (χ4v) is 5.02. The molecule has 0 aromatic heterocycles. The molecule has 1 fully saturated rings. The molecule has 4 nitrogen and oxygen atoms in total. The molecule has 0 amide bonds. The van der Waals surface area contributed by atoms with Gasteiger partial charge in [0.25, 0.3) is 0 Å². The Morgan fingerprint density at radius 2 is 2.05 bits per heavy atom. The van der Waals surface area contributed by atoms with E-state index in [-0.39, 0.29) is 27.9 Å². The van der Waals surface area contributed by atoms with E-state index in [0.717, 1.165) is 37.8 Å². The first-order valence-corrected chi connectivity index (χ1v) is 8.89. The summed E-state index contributed by atoms with van der Waals surface area (Å²) in [5, 5.41) is 0. The van der Waals surface area contributed by atoms with Crippen LogP contribution >= 0.6 is 15.9 Å². The summed E-state index contributed by atoms with van der Waals surface area (Å²) in [6.07, 6.45) is 4.22. The number of halogens is 2. The fourth-order valence-electron chi connectivity index (χ4n) is 2.65. The zero-order valence-corrected chi connectivity index (χ0v) is 13.4. The first-order valence-electron chi connectivity index (χ1n) is 6.61. The molecule has 1 unspecified atom stereocenters. The van der Waals surface area contributed by atoms with Crippen LogP contribution in [0.4, 0.5) is 4.39 Å². The van der Waals surface area contributed by atoms with Crippen molar-refractivity contribution < 1.29 is 12.8 Å². The molecule has 1 atom stereocenters. The Kier molecular flexibility index (Phi) is 5.17. The van der Waals surface area contributed by atoms with Crippen LogP contribution in [0.5, 0.6) is 0 Å². The van der Waals surface area contributed by atoms with Gasteiger partial charge in [-0.2, -0.15) is 0 Å². The number of rotatable bonds is 5. The lowest BCUT2D eigenvalue weighted by atomic mass is 9.99. The Hall–Kier alpha value is -0.500. The quantitative estimate of drug-likeness (QED) is 0.842. The lowest BCUT2D eigenvalue weighted by molar-refractivity contribution is 0.405. The molecule has 0 bridgehead atoms. The molecule has 1 saturated carbocycles. The maximum absolute atomic E-state index is 13.0. The monoisotopic (exact) mass is 364 g/mol. The molecular formula is C13H18BrFN2O2S. The van der Waals surface area contributed by atoms with Crippen molar-refractivity contribution in [3.05, 3.63) is 28.5 Å². The van der Waals surface area contributed by atoms with E-state index in [0.29, 0.717) is 0 Å². The molecule has 20 heavy (non-hydrogen) atoms. The standard InChI is InChI=1S/C13H18BrFN2O2S/c14-11-7-10(15)5-6-13(11)20(18,19)17-12(8-16)9-3-1-2-4-9/h5-7,9,12,17H,1-4,8,16H2. The predicted molar refractivity (Wildman–Crippen MR) is 79.2 cm³/mol. The Morgan fingerprint density at radius 1 is 1.40 bits per heavy atom. The van der Waals surface area contributed by atoms with Crippen LogP contribution in [0.15, 0.2) is 27.6 Å². The van der Waals surface area contributed by atoms with Gasteiger partial charge in [0.05, 0.1) is 4.90 Å². The third-order valence-electron chi connectivity index (χ3n) is 3.71. The Bertz CT molecular complexity index is 574. The van der Waals surface area contributed by atoms with Crippen LogP contribution in [0.2, 0.25) is 0 Å². The maximum Gasteiger partial charge on any atom is 0.241 e. The molecule has 2 rings (SSSR count). The van der Waals surface area contributed by atoms with Crippen molar-refractivity contribution in [1.29, 1.82) is 0 Å². The molecule has 0 saturated heterocycles. The van der Waals surface area contributed by atoms with Gasteiger partial charge in [-0.1, -0.05) is 12.8 Å². The van der Waals surface area contributed by atoms with Crippen molar-refractivity contribution in [3.63, 3.8) is 0 Å². The summed E-state index contributed by atoms with van der Waals surface area (Å²) in [7, 11) is -3.70. The zero-order chi connectivity index (χ0) is 14.8. The van der Waals surface area contributed by atoms with Crippen molar-refractivity contribution in [2.75, 3.05) is 6.54 Å². The van der Waals surface area contributed by atoms with Gasteiger partial charge >= 0.3 is 0 Å². The van der Waals surface area contributed by atoms with Crippen molar-refractivity contribution >= 4 is 26.0 Å². The van der Waals surface area contributed by atoms with Crippen LogP contribution in [0.3, 0.4) is 0 Å². The van der Waals surface area contributed by atoms with Crippen molar-refractivity contribution in [2.24, 2.45) is 11.7 Å². The second-order valence-corrected chi connectivity index (χ2v) is 7.62. The molecule has 0 heterocycles. The van der Waals surface area contributed by atoms with E-state index >= 15 is 0 Å². The third-order valence-corrected chi connectivity index (χ3v) is 6.18. The van der Waals surface area contributed by atoms with Crippen LogP contribution in [-0.2, 0) is 10.0 Å². The highest BCUT2D eigenvalue weighted by atomic mass is 79.9. The summed E-state index contributed by atoms with van der Waals surface area (Å²) >= 11 is 3.09. The molecule has 1 aliphatic rings. The summed E-state index contributed by atoms with van der Waals surface area (Å²) in [5.74, 6) is -0.198. The number of nitrogens with one attached hydrogen (secondary N) is 1. The van der Waals surface area contributed by atoms with E-state index in [1.807, 2.05) is 0 Å². The first kappa shape index (κ1) is 15.9. The average Bonchev–Trinajstić information content (AvgIpc) is 2.89. The van der Waals surface area contributed by atoms with Crippen LogP contribution in [0.1, 0.15) is 25.7 Å². The fraction of sp³-hybridized carbons (Fsp3) is 0.538. The molecule has 112 valence electrons. The SMILES string of the molecule is NCC(NS(=O)(=O)c1ccc(F)cc1Br)C1CCCC1. The van der Waals surface area contributed by atoms with Gasteiger partial charge in [0.2, 0.25) is 10.0 Å². The molecule has 7 heteroatoms. The summed E-state index contributed by atoms with van der Waals surface area (Å²) < 4.78 is 40.7. The van der Waals surface area contributed by atoms with E-state index in [2.05, 4.69) is 20.7 Å². The van der Waals surface area contributed by atoms with Gasteiger partial charge in [-0.25, -0.2) is 17.5 Å². The highest BCUT2D eigenvalue weighted by Gasteiger charge is 2.29. The molecule has 0 radical (unpaired) electrons. The van der Waals surface area contributed by atoms with E-state index < -0.39 is 15.8 Å². The number of hydrogen-bond acceptors (Lipinski definition) is 3. The molecular weight excluding hydrogens is 347 g/mol. The molecule has 0 spiro atoms. The molecule has 1 aliphatic carbocycles. The Labute approximate surface area is 127 Å². The number of sulfonamides is 1. The molecule has 1 aromatic carbocycles. The summed E-state index contributed by atoms with van der Waals surface area (Å²) in [4.78, 5) is 0.0374. The highest BCUT2D eigenvalue weighted by molar-refractivity contribution is 9.10. The minimum atomic E-state index is -3.70. The lowest BCUT2D eigenvalue weighted by Crippen LogP contribution is -2.44. The first-order chi connectivity index (χ1) is 9.44. The largest absolute Gasteiger partial charge is 0.329 e. The number of benzene rings is 1. The smallest absolute Gasteiger partial charge is 0.241 e. The Balaban J connectivity index is 2.21. The number of hydrogen-bond donors (Lipinski definition) is 2. The van der Waals surface area contributed by atoms with Crippen LogP contribution in [-0.4, -0.2) is 21.0 Å². The van der Waals surface area contributed by atoms with E-state index in [1.165, 1.54) is 6.07 Å². The van der Waals surface area contributed by atoms with E-state index in [1.54, 1.807) is 0 Å². The van der Waals surface area contributed by atoms with Gasteiger partial charge in [-0.3, -0.25) is 0 Å². The van der Waals surface area contributed by atoms with Gasteiger partial charge in [-0.05, 0) is 52.9 Å². The summed E-state index contributed by atoms with van der Waals surface area (Å²) in [5.41, 5.74) is 5.70. The predicted octanol–water partition coefficient (Wildman–Crippen LogP) is 2.38. The molecule has 3 N–H and O–H groups in total. The Morgan fingerprint density at radius 3 is 2.60 bits per heavy atom. The van der Waals surface area contributed by atoms with Gasteiger partial charge in [0.15, 0.2) is 0 Å². The average molecular weight is 365 g/mol. The molecule has 1 aromatic rings. The lowest BCUT2D eigenvalue weighted by Gasteiger charge is -2.23. The summed E-state index contributed by atoms with van der Waals surface area (Å²) in [6, 6.07) is 3.26. The van der Waals surface area contributed by atoms with Crippen molar-refractivity contribution in [3.8, 4) is 0 Å². The van der Waals surface area contributed by atoms with Crippen LogP contribution in [0.25, 0.3) is 0 Å². The topological polar surface area (TPSA) is 72.2 Å². The minimum Gasteiger partial charge on any atom is -0.329 e. The summed E-state index contributed by atoms with van der Waals surface area (Å²) in [6.45, 7) is 0.267. The third kappa shape index (κ3) is 3.58. The van der Waals surface area contributed by atoms with Gasteiger partial charge in [0, 0.05) is 17.1 Å². The number of nitrogens with two attached hydrogens (primary N) is 1. The normalized spacial score (nSPS) is 18.4. The highest BCUT2D eigenvalue weighted by Crippen LogP contribution is 2.29. The van der Waals surface area contributed by atoms with E-state index in [4.69, 9.17) is 5.73 Å². The zero-order valence-electron chi connectivity index (χ0n) is 11.0. The minimum absolute atomic E-state index is 0.0374. The maximum atomic E-state index is 13.0. The second kappa shape index (κ2) is 6.51. The van der Waals surface area contributed by atoms with Crippen LogP contribution < -0.4 is 10.5 Å². The van der Waals surface area contributed by atoms with Gasteiger partial charge in [0.1, 0.15) is 5.82 Å². The second-order valence-electron chi connectivity index (χ2n) is 5.08. The van der Waals surface area contributed by atoms with Crippen LogP contribution in [0, 0.1) is 11.7 Å². The van der Waals surface area contributed by atoms with Crippen molar-refractivity contribution in [2.45, 2.75) is 36.6 Å². The van der Waals surface area contributed by atoms with Gasteiger partial charge in [-0.15, -0.1) is 0 Å².